The zero-order valence-corrected chi connectivity index (χ0v) is 12.6. The first kappa shape index (κ1) is 15.0. The smallest absolute Gasteiger partial charge is 0.229 e. The maximum absolute atomic E-state index is 5.70. The van der Waals surface area contributed by atoms with Crippen LogP contribution in [0.4, 0.5) is 5.95 Å². The van der Waals surface area contributed by atoms with Crippen LogP contribution in [0.1, 0.15) is 19.0 Å². The van der Waals surface area contributed by atoms with Crippen LogP contribution in [0.5, 0.6) is 5.88 Å². The predicted molar refractivity (Wildman–Crippen MR) is 78.4 cm³/mol. The zero-order valence-electron chi connectivity index (χ0n) is 12.6. The second-order valence-corrected chi connectivity index (χ2v) is 4.99. The van der Waals surface area contributed by atoms with Crippen LogP contribution in [0.15, 0.2) is 6.07 Å². The van der Waals surface area contributed by atoms with Gasteiger partial charge in [0, 0.05) is 31.4 Å². The van der Waals surface area contributed by atoms with Crippen molar-refractivity contribution < 1.29 is 9.47 Å². The summed E-state index contributed by atoms with van der Waals surface area (Å²) >= 11 is 0. The average molecular weight is 280 g/mol. The molecule has 0 aromatic carbocycles. The summed E-state index contributed by atoms with van der Waals surface area (Å²) in [6, 6.07) is 1.88. The van der Waals surface area contributed by atoms with E-state index in [1.807, 2.05) is 20.0 Å². The molecule has 1 fully saturated rings. The van der Waals surface area contributed by atoms with Crippen LogP contribution >= 0.6 is 0 Å². The third kappa shape index (κ3) is 4.05. The Morgan fingerprint density at radius 3 is 3.10 bits per heavy atom. The van der Waals surface area contributed by atoms with Crippen molar-refractivity contribution >= 4 is 5.95 Å². The number of nitrogens with one attached hydrogen (secondary N) is 1. The number of nitrogens with zero attached hydrogens (tertiary/aromatic N) is 3. The summed E-state index contributed by atoms with van der Waals surface area (Å²) in [5, 5.41) is 3.14. The fourth-order valence-corrected chi connectivity index (χ4v) is 2.20. The number of aromatic nitrogens is 2. The lowest BCUT2D eigenvalue weighted by molar-refractivity contribution is 0.0415. The summed E-state index contributed by atoms with van der Waals surface area (Å²) in [5.41, 5.74) is 0.928. The predicted octanol–water partition coefficient (Wildman–Crippen LogP) is 0.998. The zero-order chi connectivity index (χ0) is 14.4. The lowest BCUT2D eigenvalue weighted by atomic mass is 10.3. The number of likely N-dealkylation sites (N-methyl/N-ethyl adjacent to an activating group) is 1. The van der Waals surface area contributed by atoms with E-state index in [-0.39, 0.29) is 6.10 Å². The van der Waals surface area contributed by atoms with E-state index in [1.165, 1.54) is 0 Å². The minimum atomic E-state index is 0.179. The molecule has 1 aromatic heterocycles. The van der Waals surface area contributed by atoms with Crippen molar-refractivity contribution in [2.45, 2.75) is 26.4 Å². The van der Waals surface area contributed by atoms with Crippen molar-refractivity contribution in [3.63, 3.8) is 0 Å². The number of aryl methyl sites for hydroxylation is 1. The monoisotopic (exact) mass is 280 g/mol. The topological polar surface area (TPSA) is 59.5 Å². The van der Waals surface area contributed by atoms with Gasteiger partial charge in [-0.2, -0.15) is 4.98 Å². The van der Waals surface area contributed by atoms with E-state index in [9.17, 15) is 0 Å². The van der Waals surface area contributed by atoms with Crippen LogP contribution in [-0.2, 0) is 4.74 Å². The van der Waals surface area contributed by atoms with Crippen molar-refractivity contribution in [1.29, 1.82) is 0 Å². The molecule has 1 saturated heterocycles. The Morgan fingerprint density at radius 2 is 2.35 bits per heavy atom. The van der Waals surface area contributed by atoms with Crippen molar-refractivity contribution in [2.24, 2.45) is 0 Å². The summed E-state index contributed by atoms with van der Waals surface area (Å²) in [5.74, 6) is 1.39. The lowest BCUT2D eigenvalue weighted by Crippen LogP contribution is -2.46. The minimum absolute atomic E-state index is 0.179. The Balaban J connectivity index is 2.08. The highest BCUT2D eigenvalue weighted by Crippen LogP contribution is 2.18. The Kier molecular flexibility index (Phi) is 5.55. The number of morpholine rings is 1. The number of ether oxygens (including phenoxy) is 2. The summed E-state index contributed by atoms with van der Waals surface area (Å²) < 4.78 is 11.3. The molecule has 1 N–H and O–H groups in total. The standard InChI is InChI=1S/C14H24N4O2/c1-4-6-20-13-8-11(2)16-14(17-13)18-5-7-19-12(10-18)9-15-3/h8,12,15H,4-7,9-10H2,1-3H3. The van der Waals surface area contributed by atoms with Gasteiger partial charge in [0.1, 0.15) is 0 Å². The van der Waals surface area contributed by atoms with E-state index < -0.39 is 0 Å². The van der Waals surface area contributed by atoms with Crippen LogP contribution in [0.3, 0.4) is 0 Å². The normalized spacial score (nSPS) is 19.1. The molecule has 2 rings (SSSR count). The maximum atomic E-state index is 5.70. The SMILES string of the molecule is CCCOc1cc(C)nc(N2CCOC(CNC)C2)n1. The highest BCUT2D eigenvalue weighted by molar-refractivity contribution is 5.35. The van der Waals surface area contributed by atoms with Crippen LogP contribution < -0.4 is 15.0 Å². The molecule has 0 radical (unpaired) electrons. The summed E-state index contributed by atoms with van der Waals surface area (Å²) in [7, 11) is 1.93. The molecule has 0 spiro atoms. The fourth-order valence-electron chi connectivity index (χ4n) is 2.20. The van der Waals surface area contributed by atoms with Gasteiger partial charge in [0.25, 0.3) is 0 Å². The van der Waals surface area contributed by atoms with E-state index in [0.717, 1.165) is 37.7 Å². The Morgan fingerprint density at radius 1 is 1.50 bits per heavy atom. The van der Waals surface area contributed by atoms with E-state index in [4.69, 9.17) is 9.47 Å². The molecule has 0 saturated carbocycles. The summed E-state index contributed by atoms with van der Waals surface area (Å²) in [4.78, 5) is 11.2. The highest BCUT2D eigenvalue weighted by atomic mass is 16.5. The molecular weight excluding hydrogens is 256 g/mol. The van der Waals surface area contributed by atoms with Gasteiger partial charge in [-0.25, -0.2) is 4.98 Å². The van der Waals surface area contributed by atoms with Crippen molar-refractivity contribution in [2.75, 3.05) is 44.8 Å². The Labute approximate surface area is 120 Å². The average Bonchev–Trinajstić information content (AvgIpc) is 2.45. The van der Waals surface area contributed by atoms with E-state index in [0.29, 0.717) is 19.1 Å². The minimum Gasteiger partial charge on any atom is -0.478 e. The molecule has 1 aromatic rings. The lowest BCUT2D eigenvalue weighted by Gasteiger charge is -2.33. The van der Waals surface area contributed by atoms with Crippen LogP contribution in [0.25, 0.3) is 0 Å². The quantitative estimate of drug-likeness (QED) is 0.839. The Bertz CT molecular complexity index is 426. The largest absolute Gasteiger partial charge is 0.478 e. The van der Waals surface area contributed by atoms with Gasteiger partial charge in [0.05, 0.1) is 19.3 Å². The number of rotatable bonds is 6. The van der Waals surface area contributed by atoms with Gasteiger partial charge in [-0.3, -0.25) is 0 Å². The number of hydrogen-bond acceptors (Lipinski definition) is 6. The van der Waals surface area contributed by atoms with E-state index in [1.54, 1.807) is 0 Å². The molecule has 0 bridgehead atoms. The van der Waals surface area contributed by atoms with Gasteiger partial charge in [-0.1, -0.05) is 6.92 Å². The summed E-state index contributed by atoms with van der Waals surface area (Å²) in [6.45, 7) is 7.89. The van der Waals surface area contributed by atoms with Gasteiger partial charge in [0.15, 0.2) is 0 Å². The second-order valence-electron chi connectivity index (χ2n) is 4.99. The molecule has 0 aliphatic carbocycles. The van der Waals surface area contributed by atoms with Crippen LogP contribution in [0, 0.1) is 6.92 Å². The molecule has 1 aliphatic rings. The van der Waals surface area contributed by atoms with Gasteiger partial charge in [-0.15, -0.1) is 0 Å². The molecule has 1 atom stereocenters. The number of anilines is 1. The molecule has 0 amide bonds. The van der Waals surface area contributed by atoms with Crippen molar-refractivity contribution in [3.05, 3.63) is 11.8 Å². The molecule has 112 valence electrons. The first-order valence-electron chi connectivity index (χ1n) is 7.22. The maximum Gasteiger partial charge on any atom is 0.229 e. The molecule has 1 unspecified atom stereocenters. The van der Waals surface area contributed by atoms with Gasteiger partial charge in [0.2, 0.25) is 11.8 Å². The fraction of sp³-hybridized carbons (Fsp3) is 0.714. The highest BCUT2D eigenvalue weighted by Gasteiger charge is 2.22. The first-order chi connectivity index (χ1) is 9.72. The second kappa shape index (κ2) is 7.40. The third-order valence-corrected chi connectivity index (χ3v) is 3.13. The molecule has 20 heavy (non-hydrogen) atoms. The Hall–Kier alpha value is -1.40. The third-order valence-electron chi connectivity index (χ3n) is 3.13. The molecule has 6 heteroatoms. The molecular formula is C14H24N4O2. The van der Waals surface area contributed by atoms with Crippen molar-refractivity contribution in [3.8, 4) is 5.88 Å². The van der Waals surface area contributed by atoms with Crippen molar-refractivity contribution in [1.82, 2.24) is 15.3 Å². The molecule has 6 nitrogen and oxygen atoms in total. The van der Waals surface area contributed by atoms with Crippen LogP contribution in [-0.4, -0.2) is 56.0 Å². The molecule has 1 aliphatic heterocycles. The number of hydrogen-bond donors (Lipinski definition) is 1. The van der Waals surface area contributed by atoms with Gasteiger partial charge in [-0.05, 0) is 20.4 Å². The van der Waals surface area contributed by atoms with Crippen LogP contribution in [0.2, 0.25) is 0 Å². The summed E-state index contributed by atoms with van der Waals surface area (Å²) in [6.07, 6.45) is 1.15. The molecule has 2 heterocycles. The first-order valence-corrected chi connectivity index (χ1v) is 7.22. The van der Waals surface area contributed by atoms with Gasteiger partial charge >= 0.3 is 0 Å². The van der Waals surface area contributed by atoms with E-state index in [2.05, 4.69) is 27.1 Å². The van der Waals surface area contributed by atoms with E-state index >= 15 is 0 Å². The van der Waals surface area contributed by atoms with Gasteiger partial charge < -0.3 is 19.7 Å².